The first-order chi connectivity index (χ1) is 17.1. The van der Waals surface area contributed by atoms with Crippen molar-refractivity contribution in [2.24, 2.45) is 0 Å². The molecule has 2 heterocycles. The standard InChI is InChI=1S/C30H40N2O3/c1-3-31(17-9-12-23-11-6-7-15-29(23)35-2)16-8-4-5-14-28(34)25-19-24-13-10-18-32-27(22-33)21-26(20-25)30(24)32/h6-7,11,15,19-20,22,27H,3-5,8-10,12-14,16-18,21H2,1-2H3. The number of ketones is 1. The van der Waals surface area contributed by atoms with Crippen LogP contribution in [0.25, 0.3) is 0 Å². The maximum Gasteiger partial charge on any atom is 0.162 e. The lowest BCUT2D eigenvalue weighted by atomic mass is 9.94. The zero-order valence-corrected chi connectivity index (χ0v) is 21.4. The minimum absolute atomic E-state index is 0.0503. The molecule has 4 rings (SSSR count). The Hall–Kier alpha value is -2.66. The summed E-state index contributed by atoms with van der Waals surface area (Å²) in [6, 6.07) is 12.4. The molecular formula is C30H40N2O3. The van der Waals surface area contributed by atoms with Crippen LogP contribution in [-0.4, -0.2) is 56.3 Å². The maximum absolute atomic E-state index is 12.9. The molecule has 0 bridgehead atoms. The van der Waals surface area contributed by atoms with Crippen molar-refractivity contribution in [3.05, 3.63) is 58.7 Å². The molecule has 2 aliphatic heterocycles. The molecule has 1 atom stereocenters. The summed E-state index contributed by atoms with van der Waals surface area (Å²) in [6.07, 6.45) is 9.78. The van der Waals surface area contributed by atoms with E-state index >= 15 is 0 Å². The number of benzene rings is 2. The number of hydrogen-bond donors (Lipinski definition) is 0. The Kier molecular flexibility index (Phi) is 8.97. The van der Waals surface area contributed by atoms with E-state index in [2.05, 4.69) is 41.0 Å². The second-order valence-corrected chi connectivity index (χ2v) is 9.93. The van der Waals surface area contributed by atoms with Crippen LogP contribution in [0.2, 0.25) is 0 Å². The summed E-state index contributed by atoms with van der Waals surface area (Å²) in [5, 5.41) is 0. The number of aryl methyl sites for hydroxylation is 2. The minimum atomic E-state index is -0.0503. The zero-order chi connectivity index (χ0) is 24.6. The first kappa shape index (κ1) is 25.4. The number of Topliss-reactive ketones (excluding diaryl/α,β-unsaturated/α-hetero) is 1. The highest BCUT2D eigenvalue weighted by Gasteiger charge is 2.33. The first-order valence-corrected chi connectivity index (χ1v) is 13.4. The van der Waals surface area contributed by atoms with Gasteiger partial charge in [-0.15, -0.1) is 0 Å². The molecule has 0 spiro atoms. The Morgan fingerprint density at radius 2 is 1.91 bits per heavy atom. The van der Waals surface area contributed by atoms with Crippen molar-refractivity contribution in [2.45, 2.75) is 70.8 Å². The van der Waals surface area contributed by atoms with Gasteiger partial charge in [-0.1, -0.05) is 31.5 Å². The second-order valence-electron chi connectivity index (χ2n) is 9.93. The van der Waals surface area contributed by atoms with Gasteiger partial charge in [-0.25, -0.2) is 0 Å². The average molecular weight is 477 g/mol. The van der Waals surface area contributed by atoms with E-state index in [1.807, 2.05) is 12.1 Å². The van der Waals surface area contributed by atoms with Gasteiger partial charge in [-0.2, -0.15) is 0 Å². The Morgan fingerprint density at radius 3 is 2.71 bits per heavy atom. The molecule has 0 saturated heterocycles. The minimum Gasteiger partial charge on any atom is -0.496 e. The molecule has 0 aromatic heterocycles. The van der Waals surface area contributed by atoms with E-state index in [-0.39, 0.29) is 11.8 Å². The van der Waals surface area contributed by atoms with Crippen LogP contribution in [0.15, 0.2) is 36.4 Å². The molecule has 1 unspecified atom stereocenters. The predicted molar refractivity (Wildman–Crippen MR) is 142 cm³/mol. The molecule has 5 heteroatoms. The number of unbranched alkanes of at least 4 members (excludes halogenated alkanes) is 2. The van der Waals surface area contributed by atoms with E-state index in [1.54, 1.807) is 7.11 Å². The fourth-order valence-electron chi connectivity index (χ4n) is 5.75. The van der Waals surface area contributed by atoms with Gasteiger partial charge in [0.15, 0.2) is 5.78 Å². The first-order valence-electron chi connectivity index (χ1n) is 13.4. The Labute approximate surface area is 210 Å². The van der Waals surface area contributed by atoms with Gasteiger partial charge in [0.1, 0.15) is 12.0 Å². The van der Waals surface area contributed by atoms with E-state index in [1.165, 1.54) is 22.4 Å². The highest BCUT2D eigenvalue weighted by Crippen LogP contribution is 2.39. The molecule has 0 saturated carbocycles. The highest BCUT2D eigenvalue weighted by atomic mass is 16.5. The number of ether oxygens (including phenoxy) is 1. The molecule has 5 nitrogen and oxygen atoms in total. The number of aldehydes is 1. The molecule has 0 fully saturated rings. The quantitative estimate of drug-likeness (QED) is 0.211. The normalized spacial score (nSPS) is 16.4. The number of anilines is 1. The fourth-order valence-corrected chi connectivity index (χ4v) is 5.75. The highest BCUT2D eigenvalue weighted by molar-refractivity contribution is 5.97. The third-order valence-electron chi connectivity index (χ3n) is 7.65. The number of para-hydroxylation sites is 1. The van der Waals surface area contributed by atoms with Gasteiger partial charge in [-0.05, 0) is 93.0 Å². The zero-order valence-electron chi connectivity index (χ0n) is 21.4. The molecule has 188 valence electrons. The third-order valence-corrected chi connectivity index (χ3v) is 7.65. The molecule has 35 heavy (non-hydrogen) atoms. The van der Waals surface area contributed by atoms with E-state index in [9.17, 15) is 9.59 Å². The van der Waals surface area contributed by atoms with Gasteiger partial charge in [0.25, 0.3) is 0 Å². The van der Waals surface area contributed by atoms with Crippen LogP contribution >= 0.6 is 0 Å². The molecule has 2 aromatic carbocycles. The van der Waals surface area contributed by atoms with E-state index in [4.69, 9.17) is 4.74 Å². The monoisotopic (exact) mass is 476 g/mol. The topological polar surface area (TPSA) is 49.9 Å². The van der Waals surface area contributed by atoms with Crippen molar-refractivity contribution in [1.29, 1.82) is 0 Å². The van der Waals surface area contributed by atoms with Crippen molar-refractivity contribution in [2.75, 3.05) is 38.2 Å². The van der Waals surface area contributed by atoms with Gasteiger partial charge in [0.05, 0.1) is 13.2 Å². The number of methoxy groups -OCH3 is 1. The molecule has 0 aliphatic carbocycles. The SMILES string of the molecule is CCN(CCCCCC(=O)c1cc2c3c(c1)CC(C=O)N3CCC2)CCCc1ccccc1OC. The smallest absolute Gasteiger partial charge is 0.162 e. The number of nitrogens with zero attached hydrogens (tertiary/aromatic N) is 2. The molecule has 2 aliphatic rings. The average Bonchev–Trinajstić information content (AvgIpc) is 3.26. The van der Waals surface area contributed by atoms with E-state index < -0.39 is 0 Å². The van der Waals surface area contributed by atoms with E-state index in [0.717, 1.165) is 95.1 Å². The summed E-state index contributed by atoms with van der Waals surface area (Å²) < 4.78 is 5.47. The van der Waals surface area contributed by atoms with Crippen molar-refractivity contribution in [3.63, 3.8) is 0 Å². The molecule has 0 amide bonds. The summed E-state index contributed by atoms with van der Waals surface area (Å²) in [5.74, 6) is 1.23. The lowest BCUT2D eigenvalue weighted by Gasteiger charge is -2.30. The van der Waals surface area contributed by atoms with Crippen molar-refractivity contribution in [3.8, 4) is 5.75 Å². The van der Waals surface area contributed by atoms with Crippen LogP contribution in [0, 0.1) is 0 Å². The second kappa shape index (κ2) is 12.3. The van der Waals surface area contributed by atoms with Crippen LogP contribution in [-0.2, 0) is 24.1 Å². The number of carbonyl (C=O) groups excluding carboxylic acids is 2. The van der Waals surface area contributed by atoms with Crippen LogP contribution in [0.1, 0.15) is 72.5 Å². The summed E-state index contributed by atoms with van der Waals surface area (Å²) in [7, 11) is 1.74. The van der Waals surface area contributed by atoms with Crippen molar-refractivity contribution >= 4 is 17.8 Å². The molecule has 0 radical (unpaired) electrons. The largest absolute Gasteiger partial charge is 0.496 e. The van der Waals surface area contributed by atoms with Crippen molar-refractivity contribution < 1.29 is 14.3 Å². The van der Waals surface area contributed by atoms with Gasteiger partial charge in [-0.3, -0.25) is 4.79 Å². The number of carbonyl (C=O) groups is 2. The van der Waals surface area contributed by atoms with Gasteiger partial charge in [0.2, 0.25) is 0 Å². The van der Waals surface area contributed by atoms with Crippen LogP contribution in [0.3, 0.4) is 0 Å². The van der Waals surface area contributed by atoms with Crippen LogP contribution < -0.4 is 9.64 Å². The summed E-state index contributed by atoms with van der Waals surface area (Å²) in [6.45, 7) is 6.41. The number of rotatable bonds is 14. The van der Waals surface area contributed by atoms with Gasteiger partial charge in [0, 0.05) is 30.6 Å². The van der Waals surface area contributed by atoms with Crippen LogP contribution in [0.4, 0.5) is 5.69 Å². The predicted octanol–water partition coefficient (Wildman–Crippen LogP) is 5.27. The van der Waals surface area contributed by atoms with Crippen molar-refractivity contribution in [1.82, 2.24) is 4.90 Å². The number of hydrogen-bond acceptors (Lipinski definition) is 5. The fraction of sp³-hybridized carbons (Fsp3) is 0.533. The third kappa shape index (κ3) is 6.13. The summed E-state index contributed by atoms with van der Waals surface area (Å²) >= 11 is 0. The van der Waals surface area contributed by atoms with Gasteiger partial charge < -0.3 is 19.3 Å². The molecule has 2 aromatic rings. The Morgan fingerprint density at radius 1 is 1.11 bits per heavy atom. The molecular weight excluding hydrogens is 436 g/mol. The molecule has 0 N–H and O–H groups in total. The summed E-state index contributed by atoms with van der Waals surface area (Å²) in [4.78, 5) is 29.2. The lowest BCUT2D eigenvalue weighted by molar-refractivity contribution is -0.108. The Bertz CT molecular complexity index is 1020. The Balaban J connectivity index is 1.19. The summed E-state index contributed by atoms with van der Waals surface area (Å²) in [5.41, 5.74) is 5.80. The lowest BCUT2D eigenvalue weighted by Crippen LogP contribution is -2.36. The maximum atomic E-state index is 12.9. The van der Waals surface area contributed by atoms with Crippen LogP contribution in [0.5, 0.6) is 5.75 Å². The van der Waals surface area contributed by atoms with Gasteiger partial charge >= 0.3 is 0 Å². The van der Waals surface area contributed by atoms with E-state index in [0.29, 0.717) is 6.42 Å².